The number of ketones is 1. The van der Waals surface area contributed by atoms with Gasteiger partial charge in [-0.1, -0.05) is 30.4 Å². The molecule has 0 aromatic rings. The molecule has 3 aliphatic carbocycles. The van der Waals surface area contributed by atoms with Gasteiger partial charge in [-0.2, -0.15) is 0 Å². The lowest BCUT2D eigenvalue weighted by molar-refractivity contribution is -0.129. The van der Waals surface area contributed by atoms with Crippen molar-refractivity contribution in [1.29, 1.82) is 0 Å². The zero-order valence-electron chi connectivity index (χ0n) is 10.3. The summed E-state index contributed by atoms with van der Waals surface area (Å²) < 4.78 is 0. The maximum Gasteiger partial charge on any atom is 0.143 e. The molecule has 0 aromatic carbocycles. The standard InChI is InChI=1S/C15H22O/c1-10-11-6-2-4-8-13(11)15(16)14-9-5-3-7-12(10)14/h11,13-14H,2-9H2,1H3. The Hall–Kier alpha value is -0.590. The molecule has 0 radical (unpaired) electrons. The van der Waals surface area contributed by atoms with Gasteiger partial charge in [-0.25, -0.2) is 0 Å². The van der Waals surface area contributed by atoms with Gasteiger partial charge in [-0.15, -0.1) is 0 Å². The average molecular weight is 218 g/mol. The van der Waals surface area contributed by atoms with E-state index in [4.69, 9.17) is 0 Å². The van der Waals surface area contributed by atoms with E-state index in [-0.39, 0.29) is 0 Å². The van der Waals surface area contributed by atoms with Crippen LogP contribution in [0.25, 0.3) is 0 Å². The quantitative estimate of drug-likeness (QED) is 0.564. The minimum atomic E-state index is 0.341. The molecule has 16 heavy (non-hydrogen) atoms. The third-order valence-corrected chi connectivity index (χ3v) is 5.15. The van der Waals surface area contributed by atoms with Crippen LogP contribution < -0.4 is 0 Å². The monoisotopic (exact) mass is 218 g/mol. The summed E-state index contributed by atoms with van der Waals surface area (Å²) in [7, 11) is 0. The highest BCUT2D eigenvalue weighted by Crippen LogP contribution is 2.47. The van der Waals surface area contributed by atoms with Crippen molar-refractivity contribution in [3.05, 3.63) is 11.1 Å². The molecule has 3 aliphatic rings. The van der Waals surface area contributed by atoms with Gasteiger partial charge in [-0.05, 0) is 44.9 Å². The van der Waals surface area contributed by atoms with E-state index in [0.29, 0.717) is 23.5 Å². The van der Waals surface area contributed by atoms with E-state index in [0.717, 1.165) is 6.42 Å². The molecule has 0 amide bonds. The van der Waals surface area contributed by atoms with E-state index in [1.807, 2.05) is 0 Å². The SMILES string of the molecule is CC1=C2CCCCC2C(=O)C2CCCCC12. The van der Waals surface area contributed by atoms with Gasteiger partial charge >= 0.3 is 0 Å². The highest BCUT2D eigenvalue weighted by atomic mass is 16.1. The zero-order chi connectivity index (χ0) is 11.1. The van der Waals surface area contributed by atoms with Crippen LogP contribution in [0.2, 0.25) is 0 Å². The molecule has 0 saturated heterocycles. The summed E-state index contributed by atoms with van der Waals surface area (Å²) in [6.07, 6.45) is 10.0. The molecule has 1 nitrogen and oxygen atoms in total. The molecule has 0 spiro atoms. The van der Waals surface area contributed by atoms with Crippen molar-refractivity contribution in [2.75, 3.05) is 0 Å². The molecule has 0 heterocycles. The fraction of sp³-hybridized carbons (Fsp3) is 0.800. The third kappa shape index (κ3) is 1.48. The summed E-state index contributed by atoms with van der Waals surface area (Å²) in [5.41, 5.74) is 3.17. The summed E-state index contributed by atoms with van der Waals surface area (Å²) in [5.74, 6) is 1.99. The van der Waals surface area contributed by atoms with E-state index >= 15 is 0 Å². The first-order valence-electron chi connectivity index (χ1n) is 7.02. The van der Waals surface area contributed by atoms with Gasteiger partial charge in [0.1, 0.15) is 5.78 Å². The molecule has 3 atom stereocenters. The van der Waals surface area contributed by atoms with Crippen molar-refractivity contribution in [3.8, 4) is 0 Å². The van der Waals surface area contributed by atoms with Gasteiger partial charge in [0.05, 0.1) is 0 Å². The van der Waals surface area contributed by atoms with E-state index in [1.54, 1.807) is 11.1 Å². The first-order valence-corrected chi connectivity index (χ1v) is 7.02. The maximum absolute atomic E-state index is 12.5. The molecular formula is C15H22O. The minimum absolute atomic E-state index is 0.341. The molecule has 0 aliphatic heterocycles. The van der Waals surface area contributed by atoms with E-state index in [1.165, 1.54) is 44.9 Å². The van der Waals surface area contributed by atoms with Crippen LogP contribution >= 0.6 is 0 Å². The lowest BCUT2D eigenvalue weighted by Gasteiger charge is -2.42. The highest BCUT2D eigenvalue weighted by molar-refractivity contribution is 5.88. The van der Waals surface area contributed by atoms with Gasteiger partial charge in [0.2, 0.25) is 0 Å². The normalized spacial score (nSPS) is 39.3. The van der Waals surface area contributed by atoms with E-state index in [2.05, 4.69) is 6.92 Å². The Balaban J connectivity index is 1.99. The van der Waals surface area contributed by atoms with Crippen LogP contribution in [0, 0.1) is 17.8 Å². The Morgan fingerprint density at radius 2 is 1.62 bits per heavy atom. The van der Waals surface area contributed by atoms with Crippen LogP contribution in [0.15, 0.2) is 11.1 Å². The lowest BCUT2D eigenvalue weighted by Crippen LogP contribution is -2.39. The number of carbonyl (C=O) groups excluding carboxylic acids is 1. The van der Waals surface area contributed by atoms with Crippen molar-refractivity contribution in [2.24, 2.45) is 17.8 Å². The topological polar surface area (TPSA) is 17.1 Å². The fourth-order valence-electron chi connectivity index (χ4n) is 4.28. The summed E-state index contributed by atoms with van der Waals surface area (Å²) in [6.45, 7) is 2.32. The number of hydrogen-bond acceptors (Lipinski definition) is 1. The molecule has 3 rings (SSSR count). The van der Waals surface area contributed by atoms with Gasteiger partial charge in [0.15, 0.2) is 0 Å². The molecule has 3 unspecified atom stereocenters. The van der Waals surface area contributed by atoms with Crippen LogP contribution in [0.5, 0.6) is 0 Å². The number of hydrogen-bond donors (Lipinski definition) is 0. The second-order valence-corrected chi connectivity index (χ2v) is 5.91. The Bertz CT molecular complexity index is 339. The number of fused-ring (bicyclic) bond motifs is 2. The molecular weight excluding hydrogens is 196 g/mol. The van der Waals surface area contributed by atoms with Crippen LogP contribution in [0.3, 0.4) is 0 Å². The van der Waals surface area contributed by atoms with Crippen molar-refractivity contribution < 1.29 is 4.79 Å². The van der Waals surface area contributed by atoms with E-state index in [9.17, 15) is 4.79 Å². The zero-order valence-corrected chi connectivity index (χ0v) is 10.3. The Morgan fingerprint density at radius 1 is 0.938 bits per heavy atom. The van der Waals surface area contributed by atoms with Gasteiger partial charge < -0.3 is 0 Å². The Morgan fingerprint density at radius 3 is 2.44 bits per heavy atom. The second kappa shape index (κ2) is 4.01. The summed E-state index contributed by atoms with van der Waals surface area (Å²) in [6, 6.07) is 0. The first kappa shape index (κ1) is 10.6. The Kier molecular flexibility index (Phi) is 2.65. The van der Waals surface area contributed by atoms with Gasteiger partial charge in [0.25, 0.3) is 0 Å². The number of rotatable bonds is 0. The third-order valence-electron chi connectivity index (χ3n) is 5.15. The maximum atomic E-state index is 12.5. The minimum Gasteiger partial charge on any atom is -0.299 e. The largest absolute Gasteiger partial charge is 0.299 e. The number of Topliss-reactive ketones (excluding diaryl/α,β-unsaturated/α-hetero) is 1. The summed E-state index contributed by atoms with van der Waals surface area (Å²) in [5, 5.41) is 0. The van der Waals surface area contributed by atoms with Crippen LogP contribution in [0.4, 0.5) is 0 Å². The van der Waals surface area contributed by atoms with Crippen molar-refractivity contribution >= 4 is 5.78 Å². The number of carbonyl (C=O) groups is 1. The van der Waals surface area contributed by atoms with Crippen molar-refractivity contribution in [3.63, 3.8) is 0 Å². The van der Waals surface area contributed by atoms with Crippen molar-refractivity contribution in [1.82, 2.24) is 0 Å². The Labute approximate surface area is 98.3 Å². The molecule has 0 N–H and O–H groups in total. The van der Waals surface area contributed by atoms with E-state index < -0.39 is 0 Å². The fourth-order valence-corrected chi connectivity index (χ4v) is 4.28. The average Bonchev–Trinajstić information content (AvgIpc) is 2.36. The molecule has 1 heteroatoms. The summed E-state index contributed by atoms with van der Waals surface area (Å²) in [4.78, 5) is 12.5. The first-order chi connectivity index (χ1) is 7.79. The van der Waals surface area contributed by atoms with Crippen LogP contribution in [-0.4, -0.2) is 5.78 Å². The molecule has 2 saturated carbocycles. The van der Waals surface area contributed by atoms with Crippen LogP contribution in [0.1, 0.15) is 58.3 Å². The molecule has 88 valence electrons. The van der Waals surface area contributed by atoms with Gasteiger partial charge in [-0.3, -0.25) is 4.79 Å². The van der Waals surface area contributed by atoms with Crippen LogP contribution in [-0.2, 0) is 4.79 Å². The molecule has 2 fully saturated rings. The molecule has 0 bridgehead atoms. The molecule has 0 aromatic heterocycles. The predicted molar refractivity (Wildman–Crippen MR) is 65.1 cm³/mol. The summed E-state index contributed by atoms with van der Waals surface area (Å²) >= 11 is 0. The van der Waals surface area contributed by atoms with Crippen molar-refractivity contribution in [2.45, 2.75) is 58.3 Å². The predicted octanol–water partition coefficient (Wildman–Crippen LogP) is 3.88. The lowest BCUT2D eigenvalue weighted by atomic mass is 9.61. The van der Waals surface area contributed by atoms with Gasteiger partial charge in [0, 0.05) is 11.8 Å². The smallest absolute Gasteiger partial charge is 0.143 e. The highest BCUT2D eigenvalue weighted by Gasteiger charge is 2.42. The number of allylic oxidation sites excluding steroid dienone is 2. The second-order valence-electron chi connectivity index (χ2n) is 5.91.